The molecule has 0 radical (unpaired) electrons. The molecule has 2 N–H and O–H groups in total. The summed E-state index contributed by atoms with van der Waals surface area (Å²) in [6.07, 6.45) is 0.484. The molecule has 0 bridgehead atoms. The van der Waals surface area contributed by atoms with Crippen LogP contribution in [0.25, 0.3) is 0 Å². The maximum absolute atomic E-state index is 12.0. The zero-order valence-corrected chi connectivity index (χ0v) is 12.1. The van der Waals surface area contributed by atoms with E-state index < -0.39 is 0 Å². The van der Waals surface area contributed by atoms with E-state index in [0.29, 0.717) is 32.7 Å². The summed E-state index contributed by atoms with van der Waals surface area (Å²) in [6, 6.07) is 5.79. The van der Waals surface area contributed by atoms with Crippen molar-refractivity contribution in [1.29, 1.82) is 0 Å². The van der Waals surface area contributed by atoms with Gasteiger partial charge in [-0.15, -0.1) is 0 Å². The van der Waals surface area contributed by atoms with Gasteiger partial charge in [-0.3, -0.25) is 4.79 Å². The highest BCUT2D eigenvalue weighted by Crippen LogP contribution is 2.31. The number of rotatable bonds is 5. The van der Waals surface area contributed by atoms with Crippen LogP contribution in [0, 0.1) is 5.92 Å². The lowest BCUT2D eigenvalue weighted by atomic mass is 10.1. The Hall–Kier alpha value is -1.75. The summed E-state index contributed by atoms with van der Waals surface area (Å²) in [5, 5.41) is 0. The van der Waals surface area contributed by atoms with Gasteiger partial charge in [-0.05, 0) is 30.2 Å². The minimum Gasteiger partial charge on any atom is -0.486 e. The molecule has 0 aliphatic carbocycles. The average Bonchev–Trinajstić information content (AvgIpc) is 2.46. The standard InChI is InChI=1S/C15H22N2O3/c1-11(9-16)7-15(18)17(2)10-12-3-4-13-14(8-12)20-6-5-19-13/h3-4,8,11H,5-7,9-10,16H2,1-2H3. The maximum Gasteiger partial charge on any atom is 0.222 e. The van der Waals surface area contributed by atoms with Crippen LogP contribution in [0.15, 0.2) is 18.2 Å². The minimum absolute atomic E-state index is 0.109. The lowest BCUT2D eigenvalue weighted by Gasteiger charge is -2.22. The van der Waals surface area contributed by atoms with Crippen LogP contribution in [0.2, 0.25) is 0 Å². The van der Waals surface area contributed by atoms with E-state index in [2.05, 4.69) is 0 Å². The van der Waals surface area contributed by atoms with Gasteiger partial charge in [0.2, 0.25) is 5.91 Å². The van der Waals surface area contributed by atoms with Crippen molar-refractivity contribution in [2.24, 2.45) is 11.7 Å². The molecule has 1 aromatic rings. The molecule has 2 rings (SSSR count). The molecular weight excluding hydrogens is 256 g/mol. The van der Waals surface area contributed by atoms with Gasteiger partial charge in [-0.1, -0.05) is 13.0 Å². The number of amides is 1. The number of benzene rings is 1. The number of fused-ring (bicyclic) bond motifs is 1. The summed E-state index contributed by atoms with van der Waals surface area (Å²) in [6.45, 7) is 4.23. The van der Waals surface area contributed by atoms with Crippen molar-refractivity contribution in [3.8, 4) is 11.5 Å². The number of carbonyl (C=O) groups excluding carboxylic acids is 1. The van der Waals surface area contributed by atoms with Gasteiger partial charge in [0.15, 0.2) is 11.5 Å². The quantitative estimate of drug-likeness (QED) is 0.884. The molecule has 0 spiro atoms. The van der Waals surface area contributed by atoms with E-state index in [4.69, 9.17) is 15.2 Å². The molecular formula is C15H22N2O3. The molecule has 1 unspecified atom stereocenters. The Morgan fingerprint density at radius 1 is 1.35 bits per heavy atom. The fourth-order valence-electron chi connectivity index (χ4n) is 2.09. The van der Waals surface area contributed by atoms with Gasteiger partial charge in [-0.25, -0.2) is 0 Å². The third kappa shape index (κ3) is 3.63. The van der Waals surface area contributed by atoms with E-state index in [0.717, 1.165) is 17.1 Å². The van der Waals surface area contributed by atoms with Crippen molar-refractivity contribution in [2.75, 3.05) is 26.8 Å². The molecule has 5 nitrogen and oxygen atoms in total. The first-order valence-corrected chi connectivity index (χ1v) is 6.92. The van der Waals surface area contributed by atoms with Gasteiger partial charge in [0.05, 0.1) is 0 Å². The SMILES string of the molecule is CC(CN)CC(=O)N(C)Cc1ccc2c(c1)OCCO2. The molecule has 1 heterocycles. The summed E-state index contributed by atoms with van der Waals surface area (Å²) in [7, 11) is 1.81. The highest BCUT2D eigenvalue weighted by atomic mass is 16.6. The lowest BCUT2D eigenvalue weighted by Crippen LogP contribution is -2.29. The van der Waals surface area contributed by atoms with E-state index in [1.54, 1.807) is 4.90 Å². The van der Waals surface area contributed by atoms with E-state index >= 15 is 0 Å². The first-order valence-electron chi connectivity index (χ1n) is 6.92. The van der Waals surface area contributed by atoms with Crippen molar-refractivity contribution in [3.05, 3.63) is 23.8 Å². The van der Waals surface area contributed by atoms with E-state index in [1.165, 1.54) is 0 Å². The van der Waals surface area contributed by atoms with Gasteiger partial charge < -0.3 is 20.1 Å². The lowest BCUT2D eigenvalue weighted by molar-refractivity contribution is -0.131. The zero-order valence-electron chi connectivity index (χ0n) is 12.1. The molecule has 1 aliphatic heterocycles. The number of hydrogen-bond acceptors (Lipinski definition) is 4. The average molecular weight is 278 g/mol. The molecule has 0 saturated heterocycles. The molecule has 0 saturated carbocycles. The third-order valence-corrected chi connectivity index (χ3v) is 3.38. The number of nitrogens with zero attached hydrogens (tertiary/aromatic N) is 1. The molecule has 1 atom stereocenters. The smallest absolute Gasteiger partial charge is 0.222 e. The second-order valence-corrected chi connectivity index (χ2v) is 5.27. The monoisotopic (exact) mass is 278 g/mol. The zero-order chi connectivity index (χ0) is 14.5. The van der Waals surface area contributed by atoms with Crippen LogP contribution in [-0.4, -0.2) is 37.6 Å². The first-order chi connectivity index (χ1) is 9.60. The molecule has 20 heavy (non-hydrogen) atoms. The molecule has 110 valence electrons. The number of hydrogen-bond donors (Lipinski definition) is 1. The van der Waals surface area contributed by atoms with Crippen LogP contribution >= 0.6 is 0 Å². The van der Waals surface area contributed by atoms with E-state index in [9.17, 15) is 4.79 Å². The summed E-state index contributed by atoms with van der Waals surface area (Å²) >= 11 is 0. The van der Waals surface area contributed by atoms with Crippen LogP contribution in [0.3, 0.4) is 0 Å². The van der Waals surface area contributed by atoms with Crippen molar-refractivity contribution < 1.29 is 14.3 Å². The first kappa shape index (κ1) is 14.7. The maximum atomic E-state index is 12.0. The van der Waals surface area contributed by atoms with Gasteiger partial charge in [0.1, 0.15) is 13.2 Å². The Labute approximate surface area is 119 Å². The van der Waals surface area contributed by atoms with E-state index in [1.807, 2.05) is 32.2 Å². The van der Waals surface area contributed by atoms with Crippen LogP contribution in [0.5, 0.6) is 11.5 Å². The van der Waals surface area contributed by atoms with Gasteiger partial charge in [0.25, 0.3) is 0 Å². The van der Waals surface area contributed by atoms with Crippen LogP contribution in [0.4, 0.5) is 0 Å². The Balaban J connectivity index is 1.97. The molecule has 0 fully saturated rings. The van der Waals surface area contributed by atoms with Crippen molar-refractivity contribution in [3.63, 3.8) is 0 Å². The van der Waals surface area contributed by atoms with Crippen molar-refractivity contribution in [2.45, 2.75) is 19.9 Å². The predicted molar refractivity (Wildman–Crippen MR) is 76.7 cm³/mol. The Bertz CT molecular complexity index is 476. The topological polar surface area (TPSA) is 64.8 Å². The second-order valence-electron chi connectivity index (χ2n) is 5.27. The molecule has 1 aromatic carbocycles. The highest BCUT2D eigenvalue weighted by molar-refractivity contribution is 5.76. The number of carbonyl (C=O) groups is 1. The fourth-order valence-corrected chi connectivity index (χ4v) is 2.09. The normalized spacial score (nSPS) is 14.8. The fraction of sp³-hybridized carbons (Fsp3) is 0.533. The Morgan fingerprint density at radius 2 is 2.05 bits per heavy atom. The van der Waals surface area contributed by atoms with Gasteiger partial charge in [0, 0.05) is 20.0 Å². The second kappa shape index (κ2) is 6.61. The number of nitrogens with two attached hydrogens (primary N) is 1. The largest absolute Gasteiger partial charge is 0.486 e. The van der Waals surface area contributed by atoms with Crippen LogP contribution in [-0.2, 0) is 11.3 Å². The van der Waals surface area contributed by atoms with Crippen molar-refractivity contribution in [1.82, 2.24) is 4.90 Å². The minimum atomic E-state index is 0.109. The van der Waals surface area contributed by atoms with Gasteiger partial charge >= 0.3 is 0 Å². The summed E-state index contributed by atoms with van der Waals surface area (Å²) in [5.74, 6) is 1.85. The third-order valence-electron chi connectivity index (χ3n) is 3.38. The predicted octanol–water partition coefficient (Wildman–Crippen LogP) is 1.40. The van der Waals surface area contributed by atoms with Crippen molar-refractivity contribution >= 4 is 5.91 Å². The highest BCUT2D eigenvalue weighted by Gasteiger charge is 2.15. The summed E-state index contributed by atoms with van der Waals surface area (Å²) in [4.78, 5) is 13.7. The van der Waals surface area contributed by atoms with Crippen LogP contribution in [0.1, 0.15) is 18.9 Å². The number of ether oxygens (including phenoxy) is 2. The van der Waals surface area contributed by atoms with E-state index in [-0.39, 0.29) is 11.8 Å². The van der Waals surface area contributed by atoms with Gasteiger partial charge in [-0.2, -0.15) is 0 Å². The molecule has 1 amide bonds. The Morgan fingerprint density at radius 3 is 2.75 bits per heavy atom. The summed E-state index contributed by atoms with van der Waals surface area (Å²) in [5.41, 5.74) is 6.58. The summed E-state index contributed by atoms with van der Waals surface area (Å²) < 4.78 is 11.0. The molecule has 1 aliphatic rings. The Kier molecular flexibility index (Phi) is 4.84. The molecule has 5 heteroatoms. The molecule has 0 aromatic heterocycles. The van der Waals surface area contributed by atoms with Crippen LogP contribution < -0.4 is 15.2 Å².